The van der Waals surface area contributed by atoms with Gasteiger partial charge in [0.2, 0.25) is 0 Å². The molecular formula is C21H26N4O3S. The summed E-state index contributed by atoms with van der Waals surface area (Å²) in [6.45, 7) is 6.78. The minimum atomic E-state index is -0.0933. The van der Waals surface area contributed by atoms with Gasteiger partial charge in [0, 0.05) is 19.7 Å². The summed E-state index contributed by atoms with van der Waals surface area (Å²) in [5.74, 6) is 0.604. The van der Waals surface area contributed by atoms with E-state index in [1.807, 2.05) is 31.9 Å². The van der Waals surface area contributed by atoms with Crippen molar-refractivity contribution in [1.29, 1.82) is 0 Å². The standard InChI is InChI=1S/C21H26N4O3S/c1-5-8-24(4)16-9-13(6-7-17(16)26)25-20(22-23-21(25)29)15-10-14(12(2)3)18(27)11-19(15)28/h6-7,9-12,26-28H,5,8H2,1-4H3,(H,23,29). The summed E-state index contributed by atoms with van der Waals surface area (Å²) in [5, 5.41) is 38.0. The van der Waals surface area contributed by atoms with Gasteiger partial charge in [-0.25, -0.2) is 0 Å². The molecular weight excluding hydrogens is 388 g/mol. The average molecular weight is 415 g/mol. The predicted molar refractivity (Wildman–Crippen MR) is 117 cm³/mol. The van der Waals surface area contributed by atoms with Gasteiger partial charge in [0.15, 0.2) is 10.6 Å². The quantitative estimate of drug-likeness (QED) is 0.437. The van der Waals surface area contributed by atoms with Crippen LogP contribution >= 0.6 is 12.2 Å². The lowest BCUT2D eigenvalue weighted by Gasteiger charge is -2.21. The molecule has 4 N–H and O–H groups in total. The Morgan fingerprint density at radius 2 is 1.83 bits per heavy atom. The van der Waals surface area contributed by atoms with E-state index in [0.717, 1.165) is 13.0 Å². The molecule has 0 saturated carbocycles. The third-order valence-electron chi connectivity index (χ3n) is 4.87. The molecule has 1 aromatic heterocycles. The van der Waals surface area contributed by atoms with Crippen LogP contribution in [0.5, 0.6) is 17.2 Å². The largest absolute Gasteiger partial charge is 0.508 e. The third-order valence-corrected chi connectivity index (χ3v) is 5.14. The zero-order valence-electron chi connectivity index (χ0n) is 17.0. The summed E-state index contributed by atoms with van der Waals surface area (Å²) in [5.41, 5.74) is 2.53. The molecule has 3 aromatic rings. The molecule has 1 heterocycles. The first-order chi connectivity index (χ1) is 13.7. The molecule has 3 rings (SSSR count). The lowest BCUT2D eigenvalue weighted by atomic mass is 9.98. The van der Waals surface area contributed by atoms with Gasteiger partial charge in [-0.2, -0.15) is 5.10 Å². The number of nitrogens with one attached hydrogen (secondary N) is 1. The Labute approximate surface area is 174 Å². The lowest BCUT2D eigenvalue weighted by molar-refractivity contribution is 0.444. The normalized spacial score (nSPS) is 11.2. The maximum absolute atomic E-state index is 10.5. The highest BCUT2D eigenvalue weighted by Gasteiger charge is 2.19. The highest BCUT2D eigenvalue weighted by molar-refractivity contribution is 7.71. The molecule has 154 valence electrons. The van der Waals surface area contributed by atoms with Gasteiger partial charge < -0.3 is 20.2 Å². The van der Waals surface area contributed by atoms with Crippen molar-refractivity contribution in [3.8, 4) is 34.3 Å². The molecule has 0 saturated heterocycles. The summed E-state index contributed by atoms with van der Waals surface area (Å²) < 4.78 is 2.06. The highest BCUT2D eigenvalue weighted by atomic mass is 32.1. The molecule has 0 aliphatic rings. The van der Waals surface area contributed by atoms with Gasteiger partial charge >= 0.3 is 0 Å². The van der Waals surface area contributed by atoms with Crippen LogP contribution in [0.15, 0.2) is 30.3 Å². The number of anilines is 1. The van der Waals surface area contributed by atoms with E-state index in [1.165, 1.54) is 6.07 Å². The highest BCUT2D eigenvalue weighted by Crippen LogP contribution is 2.38. The number of aromatic amines is 1. The van der Waals surface area contributed by atoms with Gasteiger partial charge in [0.25, 0.3) is 0 Å². The summed E-state index contributed by atoms with van der Waals surface area (Å²) >= 11 is 5.44. The van der Waals surface area contributed by atoms with Gasteiger partial charge in [0.1, 0.15) is 17.2 Å². The number of hydrogen-bond donors (Lipinski definition) is 4. The molecule has 0 spiro atoms. The van der Waals surface area contributed by atoms with Crippen LogP contribution in [-0.4, -0.2) is 43.7 Å². The Kier molecular flexibility index (Phi) is 5.83. The molecule has 2 aromatic carbocycles. The van der Waals surface area contributed by atoms with Crippen LogP contribution in [0, 0.1) is 4.77 Å². The van der Waals surface area contributed by atoms with E-state index in [9.17, 15) is 15.3 Å². The zero-order valence-corrected chi connectivity index (χ0v) is 17.8. The Morgan fingerprint density at radius 3 is 2.48 bits per heavy atom. The first kappa shape index (κ1) is 20.7. The number of H-pyrrole nitrogens is 1. The first-order valence-electron chi connectivity index (χ1n) is 9.52. The smallest absolute Gasteiger partial charge is 0.200 e. The van der Waals surface area contributed by atoms with Crippen LogP contribution in [0.3, 0.4) is 0 Å². The maximum atomic E-state index is 10.5. The summed E-state index contributed by atoms with van der Waals surface area (Å²) in [6, 6.07) is 8.24. The Bertz CT molecular complexity index is 1090. The van der Waals surface area contributed by atoms with Crippen molar-refractivity contribution in [3.05, 3.63) is 40.7 Å². The monoisotopic (exact) mass is 414 g/mol. The van der Waals surface area contributed by atoms with E-state index < -0.39 is 0 Å². The van der Waals surface area contributed by atoms with Crippen molar-refractivity contribution >= 4 is 17.9 Å². The predicted octanol–water partition coefficient (Wildman–Crippen LogP) is 4.68. The number of hydrogen-bond acceptors (Lipinski definition) is 6. The van der Waals surface area contributed by atoms with E-state index in [1.54, 1.807) is 22.8 Å². The first-order valence-corrected chi connectivity index (χ1v) is 9.93. The van der Waals surface area contributed by atoms with Crippen LogP contribution in [0.25, 0.3) is 17.1 Å². The van der Waals surface area contributed by atoms with Crippen molar-refractivity contribution in [2.75, 3.05) is 18.5 Å². The molecule has 0 aliphatic heterocycles. The minimum Gasteiger partial charge on any atom is -0.508 e. The summed E-state index contributed by atoms with van der Waals surface area (Å²) in [6.07, 6.45) is 0.940. The van der Waals surface area contributed by atoms with E-state index >= 15 is 0 Å². The fourth-order valence-corrected chi connectivity index (χ4v) is 3.60. The number of phenols is 3. The number of phenolic OH excluding ortho intramolecular Hbond substituents is 3. The molecule has 0 radical (unpaired) electrons. The van der Waals surface area contributed by atoms with E-state index in [4.69, 9.17) is 12.2 Å². The molecule has 0 unspecified atom stereocenters. The van der Waals surface area contributed by atoms with Gasteiger partial charge in [-0.1, -0.05) is 20.8 Å². The minimum absolute atomic E-state index is 0.0371. The summed E-state index contributed by atoms with van der Waals surface area (Å²) in [4.78, 5) is 1.97. The molecule has 29 heavy (non-hydrogen) atoms. The second-order valence-electron chi connectivity index (χ2n) is 7.37. The zero-order chi connectivity index (χ0) is 21.3. The van der Waals surface area contributed by atoms with Crippen LogP contribution in [0.2, 0.25) is 0 Å². The van der Waals surface area contributed by atoms with Crippen LogP contribution in [0.1, 0.15) is 38.7 Å². The second-order valence-corrected chi connectivity index (χ2v) is 7.75. The molecule has 8 heteroatoms. The molecule has 0 atom stereocenters. The van der Waals surface area contributed by atoms with Gasteiger partial charge in [-0.15, -0.1) is 0 Å². The van der Waals surface area contributed by atoms with Crippen molar-refractivity contribution in [2.45, 2.75) is 33.1 Å². The second kappa shape index (κ2) is 8.16. The SMILES string of the molecule is CCCN(C)c1cc(-n2c(-c3cc(C(C)C)c(O)cc3O)n[nH]c2=S)ccc1O. The number of aromatic nitrogens is 3. The lowest BCUT2D eigenvalue weighted by Crippen LogP contribution is -2.18. The molecule has 0 aliphatic carbocycles. The van der Waals surface area contributed by atoms with Gasteiger partial charge in [-0.3, -0.25) is 9.67 Å². The van der Waals surface area contributed by atoms with Crippen molar-refractivity contribution in [3.63, 3.8) is 0 Å². The fraction of sp³-hybridized carbons (Fsp3) is 0.333. The number of aromatic hydroxyl groups is 3. The number of rotatable bonds is 6. The maximum Gasteiger partial charge on any atom is 0.200 e. The van der Waals surface area contributed by atoms with E-state index in [0.29, 0.717) is 33.1 Å². The molecule has 0 fully saturated rings. The molecule has 7 nitrogen and oxygen atoms in total. The topological polar surface area (TPSA) is 97.5 Å². The van der Waals surface area contributed by atoms with Crippen LogP contribution in [-0.2, 0) is 0 Å². The Balaban J connectivity index is 2.19. The van der Waals surface area contributed by atoms with Crippen LogP contribution in [0.4, 0.5) is 5.69 Å². The van der Waals surface area contributed by atoms with E-state index in [2.05, 4.69) is 17.1 Å². The van der Waals surface area contributed by atoms with E-state index in [-0.39, 0.29) is 23.2 Å². The third kappa shape index (κ3) is 3.93. The number of nitrogens with zero attached hydrogens (tertiary/aromatic N) is 3. The Hall–Kier alpha value is -3.00. The van der Waals surface area contributed by atoms with Gasteiger partial charge in [0.05, 0.1) is 16.9 Å². The van der Waals surface area contributed by atoms with Crippen molar-refractivity contribution in [2.24, 2.45) is 0 Å². The average Bonchev–Trinajstić information content (AvgIpc) is 3.03. The fourth-order valence-electron chi connectivity index (χ4n) is 3.37. The van der Waals surface area contributed by atoms with Gasteiger partial charge in [-0.05, 0) is 54.4 Å². The number of benzene rings is 2. The van der Waals surface area contributed by atoms with Crippen molar-refractivity contribution in [1.82, 2.24) is 14.8 Å². The molecule has 0 bridgehead atoms. The molecule has 0 amide bonds. The van der Waals surface area contributed by atoms with Crippen molar-refractivity contribution < 1.29 is 15.3 Å². The Morgan fingerprint density at radius 1 is 1.10 bits per heavy atom. The van der Waals surface area contributed by atoms with Crippen LogP contribution < -0.4 is 4.90 Å². The summed E-state index contributed by atoms with van der Waals surface area (Å²) in [7, 11) is 1.92.